The largest absolute Gasteiger partial charge is 0.504 e. The number of rotatable bonds is 10. The van der Waals surface area contributed by atoms with Crippen molar-refractivity contribution >= 4 is 112 Å². The van der Waals surface area contributed by atoms with Crippen molar-refractivity contribution in [3.05, 3.63) is 115 Å². The molecule has 0 unspecified atom stereocenters. The van der Waals surface area contributed by atoms with Crippen molar-refractivity contribution in [2.75, 3.05) is 21.5 Å². The molecule has 0 saturated heterocycles. The van der Waals surface area contributed by atoms with Crippen LogP contribution in [0.5, 0.6) is 5.75 Å². The molecule has 25 heteroatoms. The highest BCUT2D eigenvalue weighted by atomic mass is 35.5. The fourth-order valence-corrected chi connectivity index (χ4v) is 7.67. The number of urea groups is 1. The van der Waals surface area contributed by atoms with Crippen LogP contribution in [0, 0.1) is 0 Å². The molecule has 2 aliphatic rings. The van der Waals surface area contributed by atoms with Gasteiger partial charge in [-0.05, 0) is 83.9 Å². The number of carbonyl (C=O) groups is 4. The second-order valence-corrected chi connectivity index (χ2v) is 16.7. The third-order valence-electron chi connectivity index (χ3n) is 8.20. The third-order valence-corrected chi connectivity index (χ3v) is 11.1. The minimum absolute atomic E-state index is 0.00150. The molecule has 0 saturated carbocycles. The standard InChI is InChI=1S/C34H23ClN6O15S3/c35-23-13-19(57(48,49)50)14-25(32(23)44)39-41-29-27(59(54,55)56)12-16-10-18(6-8-21(16)31(29)43)37-34(47)36-17-5-7-20-15(9-17)11-26(58(51,52)53)28(30(20)42)40-38-24-4-2-1-3-22(24)33(45)46/h1-14,38-39,44H,(H,45,46)(H2,36,37,47)(H,48,49,50)(H,51,52,53)(H,54,55,56)/b40-28-,41-29-. The number of phenols is 1. The molecule has 0 radical (unpaired) electrons. The van der Waals surface area contributed by atoms with Crippen LogP contribution in [-0.4, -0.2) is 84.1 Å². The number of fused-ring (bicyclic) bond motifs is 2. The summed E-state index contributed by atoms with van der Waals surface area (Å²) >= 11 is 5.81. The number of nitrogens with one attached hydrogen (secondary N) is 4. The first-order valence-electron chi connectivity index (χ1n) is 15.9. The summed E-state index contributed by atoms with van der Waals surface area (Å²) < 4.78 is 102. The lowest BCUT2D eigenvalue weighted by Gasteiger charge is -2.18. The minimum Gasteiger partial charge on any atom is -0.504 e. The summed E-state index contributed by atoms with van der Waals surface area (Å²) in [6, 6.07) is 13.1. The predicted molar refractivity (Wildman–Crippen MR) is 212 cm³/mol. The second-order valence-electron chi connectivity index (χ2n) is 12.1. The lowest BCUT2D eigenvalue weighted by molar-refractivity contribution is 0.0697. The average Bonchev–Trinajstić information content (AvgIpc) is 3.14. The highest BCUT2D eigenvalue weighted by molar-refractivity contribution is 7.91. The maximum Gasteiger partial charge on any atom is 0.337 e. The molecule has 2 amide bonds. The number of carboxylic acids is 1. The molecule has 304 valence electrons. The molecule has 0 aromatic heterocycles. The van der Waals surface area contributed by atoms with E-state index in [1.54, 1.807) is 0 Å². The zero-order valence-electron chi connectivity index (χ0n) is 28.9. The van der Waals surface area contributed by atoms with Crippen LogP contribution in [0.4, 0.5) is 27.5 Å². The smallest absolute Gasteiger partial charge is 0.337 e. The first-order chi connectivity index (χ1) is 27.5. The number of nitrogens with zero attached hydrogens (tertiary/aromatic N) is 2. The van der Waals surface area contributed by atoms with Crippen LogP contribution in [0.15, 0.2) is 97.7 Å². The highest BCUT2D eigenvalue weighted by Gasteiger charge is 2.35. The van der Waals surface area contributed by atoms with E-state index < -0.39 is 96.5 Å². The average molecular weight is 887 g/mol. The van der Waals surface area contributed by atoms with E-state index in [1.807, 2.05) is 0 Å². The van der Waals surface area contributed by atoms with Gasteiger partial charge in [-0.25, -0.2) is 9.59 Å². The number of benzene rings is 4. The van der Waals surface area contributed by atoms with Crippen LogP contribution in [0.25, 0.3) is 12.2 Å². The van der Waals surface area contributed by atoms with Gasteiger partial charge in [0, 0.05) is 22.5 Å². The third kappa shape index (κ3) is 8.87. The van der Waals surface area contributed by atoms with Gasteiger partial charge in [-0.15, -0.1) is 0 Å². The molecule has 59 heavy (non-hydrogen) atoms. The number of hydrazone groups is 2. The van der Waals surface area contributed by atoms with Gasteiger partial charge in [-0.3, -0.25) is 34.1 Å². The zero-order valence-corrected chi connectivity index (χ0v) is 32.1. The van der Waals surface area contributed by atoms with Gasteiger partial charge in [0.15, 0.2) is 17.2 Å². The van der Waals surface area contributed by atoms with Crippen molar-refractivity contribution < 1.29 is 68.3 Å². The number of hydrogen-bond donors (Lipinski definition) is 9. The van der Waals surface area contributed by atoms with Crippen molar-refractivity contribution in [3.63, 3.8) is 0 Å². The van der Waals surface area contributed by atoms with E-state index in [0.29, 0.717) is 12.1 Å². The number of amides is 2. The van der Waals surface area contributed by atoms with E-state index in [4.69, 9.17) is 11.6 Å². The Bertz CT molecular complexity index is 3040. The Labute approximate surface area is 336 Å². The molecule has 0 heterocycles. The number of para-hydroxylation sites is 1. The summed E-state index contributed by atoms with van der Waals surface area (Å²) in [6.45, 7) is 0. The number of carboxylic acid groups (broad SMARTS) is 1. The van der Waals surface area contributed by atoms with Gasteiger partial charge >= 0.3 is 12.0 Å². The molecule has 9 N–H and O–H groups in total. The molecule has 4 aromatic carbocycles. The van der Waals surface area contributed by atoms with Gasteiger partial charge in [-0.2, -0.15) is 35.5 Å². The number of ketones is 2. The van der Waals surface area contributed by atoms with Gasteiger partial charge < -0.3 is 20.8 Å². The van der Waals surface area contributed by atoms with Crippen molar-refractivity contribution in [3.8, 4) is 5.75 Å². The quantitative estimate of drug-likeness (QED) is 0.0604. The number of halogens is 1. The van der Waals surface area contributed by atoms with Crippen molar-refractivity contribution in [2.24, 2.45) is 10.2 Å². The molecule has 21 nitrogen and oxygen atoms in total. The van der Waals surface area contributed by atoms with Crippen LogP contribution in [-0.2, 0) is 30.4 Å². The maximum absolute atomic E-state index is 13.4. The number of hydrogen-bond acceptors (Lipinski definition) is 15. The van der Waals surface area contributed by atoms with Crippen LogP contribution in [0.3, 0.4) is 0 Å². The Kier molecular flexibility index (Phi) is 11.0. The van der Waals surface area contributed by atoms with E-state index in [2.05, 4.69) is 31.7 Å². The van der Waals surface area contributed by atoms with Gasteiger partial charge in [0.25, 0.3) is 30.4 Å². The number of phenolic OH excluding ortho intramolecular Hbond substituents is 1. The molecular weight excluding hydrogens is 864 g/mol. The fraction of sp³-hybridized carbons (Fsp3) is 0. The Hall–Kier alpha value is -6.80. The predicted octanol–water partition coefficient (Wildman–Crippen LogP) is 4.42. The Balaban J connectivity index is 1.24. The lowest BCUT2D eigenvalue weighted by atomic mass is 9.94. The monoisotopic (exact) mass is 886 g/mol. The first-order valence-corrected chi connectivity index (χ1v) is 20.6. The van der Waals surface area contributed by atoms with E-state index in [9.17, 15) is 68.3 Å². The Morgan fingerprint density at radius 2 is 1.10 bits per heavy atom. The summed E-state index contributed by atoms with van der Waals surface area (Å²) in [6.07, 6.45) is 1.73. The summed E-state index contributed by atoms with van der Waals surface area (Å²) in [5.41, 5.74) is 1.30. The number of carbonyl (C=O) groups excluding carboxylic acids is 3. The number of aromatic hydroxyl groups is 1. The number of anilines is 4. The number of allylic oxidation sites excluding steroid dienone is 2. The second kappa shape index (κ2) is 15.5. The van der Waals surface area contributed by atoms with Gasteiger partial charge in [0.2, 0.25) is 11.6 Å². The first kappa shape index (κ1) is 41.8. The van der Waals surface area contributed by atoms with Crippen LogP contribution in [0.2, 0.25) is 5.02 Å². The Morgan fingerprint density at radius 1 is 0.627 bits per heavy atom. The summed E-state index contributed by atoms with van der Waals surface area (Å²) in [5, 5.41) is 31.4. The molecule has 2 aliphatic carbocycles. The molecule has 0 atom stereocenters. The summed E-state index contributed by atoms with van der Waals surface area (Å²) in [4.78, 5) is 48.6. The zero-order chi connectivity index (χ0) is 43.2. The van der Waals surface area contributed by atoms with Crippen LogP contribution in [0.1, 0.15) is 42.2 Å². The van der Waals surface area contributed by atoms with Gasteiger partial charge in [0.1, 0.15) is 15.5 Å². The Morgan fingerprint density at radius 3 is 1.56 bits per heavy atom. The molecule has 0 spiro atoms. The molecule has 0 aliphatic heterocycles. The van der Waals surface area contributed by atoms with Gasteiger partial charge in [-0.1, -0.05) is 23.7 Å². The maximum atomic E-state index is 13.4. The molecule has 6 rings (SSSR count). The molecule has 4 aromatic rings. The minimum atomic E-state index is -5.20. The van der Waals surface area contributed by atoms with Crippen molar-refractivity contribution in [2.45, 2.75) is 4.90 Å². The topological polar surface area (TPSA) is 345 Å². The highest BCUT2D eigenvalue weighted by Crippen LogP contribution is 2.36. The summed E-state index contributed by atoms with van der Waals surface area (Å²) in [7, 11) is -15.1. The lowest BCUT2D eigenvalue weighted by Crippen LogP contribution is -2.28. The SMILES string of the molecule is O=C(Nc1ccc2c(c1)C=C(S(=O)(=O)O)/C(=N/Nc1ccccc1C(=O)O)C2=O)Nc1ccc2c(c1)C=C(S(=O)(=O)O)/C(=N/Nc1cc(S(=O)(=O)O)cc(Cl)c1O)C2=O. The van der Waals surface area contributed by atoms with E-state index in [1.165, 1.54) is 48.5 Å². The van der Waals surface area contributed by atoms with E-state index in [0.717, 1.165) is 24.3 Å². The summed E-state index contributed by atoms with van der Waals surface area (Å²) in [5.74, 6) is -4.21. The van der Waals surface area contributed by atoms with E-state index in [-0.39, 0.29) is 44.9 Å². The fourth-order valence-electron chi connectivity index (χ4n) is 5.54. The van der Waals surface area contributed by atoms with Crippen molar-refractivity contribution in [1.82, 2.24) is 0 Å². The molecular formula is C34H23ClN6O15S3. The van der Waals surface area contributed by atoms with Crippen molar-refractivity contribution in [1.29, 1.82) is 0 Å². The van der Waals surface area contributed by atoms with Crippen LogP contribution < -0.4 is 21.5 Å². The van der Waals surface area contributed by atoms with Gasteiger partial charge in [0.05, 0.1) is 21.2 Å². The van der Waals surface area contributed by atoms with E-state index >= 15 is 0 Å². The molecule has 0 fully saturated rings. The normalized spacial score (nSPS) is 15.5. The number of aromatic carboxylic acids is 1. The van der Waals surface area contributed by atoms with Crippen LogP contribution >= 0.6 is 11.6 Å². The molecule has 0 bridgehead atoms. The number of Topliss-reactive ketones (excluding diaryl/α,β-unsaturated/α-hetero) is 2.